The first-order valence-electron chi connectivity index (χ1n) is 6.86. The second kappa shape index (κ2) is 6.44. The first-order valence-corrected chi connectivity index (χ1v) is 9.08. The Hall–Kier alpha value is -1.31. The number of anilines is 1. The van der Waals surface area contributed by atoms with Gasteiger partial charge in [0.05, 0.1) is 19.1 Å². The topological polar surface area (TPSA) is 75.7 Å². The van der Waals surface area contributed by atoms with Gasteiger partial charge in [0.1, 0.15) is 11.8 Å². The number of hydrogen-bond donors (Lipinski definition) is 1. The molecule has 0 saturated carbocycles. The normalized spacial score (nSPS) is 19.2. The molecular weight excluding hydrogens is 328 g/mol. The summed E-state index contributed by atoms with van der Waals surface area (Å²) >= 11 is 6.03. The molecule has 1 unspecified atom stereocenters. The molecule has 6 nitrogen and oxygen atoms in total. The highest BCUT2D eigenvalue weighted by molar-refractivity contribution is 7.88. The molecule has 22 heavy (non-hydrogen) atoms. The minimum Gasteiger partial charge on any atom is -0.495 e. The molecular formula is C14H19ClN2O4S. The van der Waals surface area contributed by atoms with Crippen LogP contribution in [0.25, 0.3) is 0 Å². The van der Waals surface area contributed by atoms with Crippen LogP contribution in [0.2, 0.25) is 5.02 Å². The standard InChI is InChI=1S/C14H19ClN2O4S/c1-9-7-11(13(21-2)8-10(9)15)16-14(18)12-5-4-6-17(12)22(3,19)20/h7-8,12H,4-6H2,1-3H3,(H,16,18). The molecule has 1 aliphatic heterocycles. The molecule has 1 fully saturated rings. The Bertz CT molecular complexity index is 690. The van der Waals surface area contributed by atoms with Crippen LogP contribution in [0.5, 0.6) is 5.75 Å². The van der Waals surface area contributed by atoms with Crippen LogP contribution in [0.15, 0.2) is 12.1 Å². The first kappa shape index (κ1) is 17.1. The van der Waals surface area contributed by atoms with E-state index < -0.39 is 16.1 Å². The number of amides is 1. The molecule has 1 heterocycles. The van der Waals surface area contributed by atoms with E-state index in [9.17, 15) is 13.2 Å². The monoisotopic (exact) mass is 346 g/mol. The molecule has 1 N–H and O–H groups in total. The maximum absolute atomic E-state index is 12.4. The summed E-state index contributed by atoms with van der Waals surface area (Å²) in [6.07, 6.45) is 2.29. The number of halogens is 1. The highest BCUT2D eigenvalue weighted by Crippen LogP contribution is 2.32. The highest BCUT2D eigenvalue weighted by atomic mass is 35.5. The lowest BCUT2D eigenvalue weighted by Gasteiger charge is -2.22. The molecule has 1 atom stereocenters. The van der Waals surface area contributed by atoms with Crippen LogP contribution in [0.1, 0.15) is 18.4 Å². The van der Waals surface area contributed by atoms with Crippen molar-refractivity contribution in [1.82, 2.24) is 4.31 Å². The Kier molecular flexibility index (Phi) is 4.99. The molecule has 0 aliphatic carbocycles. The number of methoxy groups -OCH3 is 1. The van der Waals surface area contributed by atoms with Crippen LogP contribution in [0.3, 0.4) is 0 Å². The molecule has 122 valence electrons. The van der Waals surface area contributed by atoms with Gasteiger partial charge in [0, 0.05) is 17.6 Å². The Balaban J connectivity index is 2.24. The van der Waals surface area contributed by atoms with Crippen molar-refractivity contribution < 1.29 is 17.9 Å². The van der Waals surface area contributed by atoms with E-state index in [0.29, 0.717) is 35.8 Å². The predicted octanol–water partition coefficient (Wildman–Crippen LogP) is 2.02. The van der Waals surface area contributed by atoms with Gasteiger partial charge in [-0.05, 0) is 31.4 Å². The molecule has 2 rings (SSSR count). The highest BCUT2D eigenvalue weighted by Gasteiger charge is 2.36. The van der Waals surface area contributed by atoms with Crippen molar-refractivity contribution >= 4 is 33.2 Å². The maximum Gasteiger partial charge on any atom is 0.242 e. The number of rotatable bonds is 4. The van der Waals surface area contributed by atoms with Crippen LogP contribution < -0.4 is 10.1 Å². The summed E-state index contributed by atoms with van der Waals surface area (Å²) in [6, 6.07) is 2.64. The quantitative estimate of drug-likeness (QED) is 0.905. The largest absolute Gasteiger partial charge is 0.495 e. The third-order valence-corrected chi connectivity index (χ3v) is 5.37. The molecule has 0 spiro atoms. The Morgan fingerprint density at radius 2 is 2.14 bits per heavy atom. The number of nitrogens with one attached hydrogen (secondary N) is 1. The number of carbonyl (C=O) groups excluding carboxylic acids is 1. The molecule has 1 aromatic rings. The summed E-state index contributed by atoms with van der Waals surface area (Å²) in [5.74, 6) is 0.0794. The van der Waals surface area contributed by atoms with Gasteiger partial charge in [-0.3, -0.25) is 4.79 Å². The van der Waals surface area contributed by atoms with E-state index in [1.807, 2.05) is 6.92 Å². The summed E-state index contributed by atoms with van der Waals surface area (Å²) in [4.78, 5) is 12.4. The number of nitrogens with zero attached hydrogens (tertiary/aromatic N) is 1. The summed E-state index contributed by atoms with van der Waals surface area (Å²) in [5, 5.41) is 3.28. The van der Waals surface area contributed by atoms with Gasteiger partial charge in [-0.2, -0.15) is 4.31 Å². The number of benzene rings is 1. The second-order valence-corrected chi connectivity index (χ2v) is 7.66. The van der Waals surface area contributed by atoms with Crippen LogP contribution in [-0.4, -0.2) is 44.6 Å². The average Bonchev–Trinajstić information content (AvgIpc) is 2.92. The molecule has 8 heteroatoms. The summed E-state index contributed by atoms with van der Waals surface area (Å²) < 4.78 is 29.9. The third kappa shape index (κ3) is 3.53. The van der Waals surface area contributed by atoms with Gasteiger partial charge in [0.15, 0.2) is 0 Å². The maximum atomic E-state index is 12.4. The zero-order valence-electron chi connectivity index (χ0n) is 12.7. The van der Waals surface area contributed by atoms with E-state index in [-0.39, 0.29) is 5.91 Å². The predicted molar refractivity (Wildman–Crippen MR) is 85.9 cm³/mol. The van der Waals surface area contributed by atoms with Crippen molar-refractivity contribution in [2.24, 2.45) is 0 Å². The second-order valence-electron chi connectivity index (χ2n) is 5.32. The van der Waals surface area contributed by atoms with Crippen molar-refractivity contribution in [3.8, 4) is 5.75 Å². The van der Waals surface area contributed by atoms with Gasteiger partial charge >= 0.3 is 0 Å². The summed E-state index contributed by atoms with van der Waals surface area (Å²) in [7, 11) is -1.92. The van der Waals surface area contributed by atoms with E-state index in [0.717, 1.165) is 11.8 Å². The van der Waals surface area contributed by atoms with Crippen LogP contribution in [0.4, 0.5) is 5.69 Å². The summed E-state index contributed by atoms with van der Waals surface area (Å²) in [6.45, 7) is 2.18. The molecule has 1 aliphatic rings. The lowest BCUT2D eigenvalue weighted by Crippen LogP contribution is -2.42. The number of carbonyl (C=O) groups is 1. The molecule has 1 saturated heterocycles. The number of aryl methyl sites for hydroxylation is 1. The fourth-order valence-electron chi connectivity index (χ4n) is 2.54. The fraction of sp³-hybridized carbons (Fsp3) is 0.500. The Morgan fingerprint density at radius 1 is 1.45 bits per heavy atom. The van der Waals surface area contributed by atoms with Crippen LogP contribution in [-0.2, 0) is 14.8 Å². The van der Waals surface area contributed by atoms with Gasteiger partial charge < -0.3 is 10.1 Å². The molecule has 0 radical (unpaired) electrons. The van der Waals surface area contributed by atoms with E-state index in [1.54, 1.807) is 12.1 Å². The van der Waals surface area contributed by atoms with Crippen molar-refractivity contribution in [2.75, 3.05) is 25.2 Å². The van der Waals surface area contributed by atoms with Gasteiger partial charge in [-0.25, -0.2) is 8.42 Å². The lowest BCUT2D eigenvalue weighted by molar-refractivity contribution is -0.119. The van der Waals surface area contributed by atoms with Crippen LogP contribution >= 0.6 is 11.6 Å². The smallest absolute Gasteiger partial charge is 0.242 e. The lowest BCUT2D eigenvalue weighted by atomic mass is 10.1. The Morgan fingerprint density at radius 3 is 2.73 bits per heavy atom. The zero-order chi connectivity index (χ0) is 16.5. The summed E-state index contributed by atoms with van der Waals surface area (Å²) in [5.41, 5.74) is 1.28. The molecule has 1 amide bonds. The first-order chi connectivity index (χ1) is 10.2. The van der Waals surface area contributed by atoms with Gasteiger partial charge in [0.2, 0.25) is 15.9 Å². The minimum absolute atomic E-state index is 0.358. The Labute approximate surface area is 135 Å². The number of ether oxygens (including phenoxy) is 1. The molecule has 0 aromatic heterocycles. The van der Waals surface area contributed by atoms with E-state index >= 15 is 0 Å². The number of hydrogen-bond acceptors (Lipinski definition) is 4. The number of sulfonamides is 1. The zero-order valence-corrected chi connectivity index (χ0v) is 14.3. The van der Waals surface area contributed by atoms with Crippen molar-refractivity contribution in [3.05, 3.63) is 22.7 Å². The SMILES string of the molecule is COc1cc(Cl)c(C)cc1NC(=O)C1CCCN1S(C)(=O)=O. The van der Waals surface area contributed by atoms with Gasteiger partial charge in [-0.15, -0.1) is 0 Å². The van der Waals surface area contributed by atoms with E-state index in [4.69, 9.17) is 16.3 Å². The van der Waals surface area contributed by atoms with Crippen molar-refractivity contribution in [2.45, 2.75) is 25.8 Å². The third-order valence-electron chi connectivity index (χ3n) is 3.67. The van der Waals surface area contributed by atoms with E-state index in [1.165, 1.54) is 11.4 Å². The van der Waals surface area contributed by atoms with Crippen LogP contribution in [0, 0.1) is 6.92 Å². The fourth-order valence-corrected chi connectivity index (χ4v) is 3.82. The molecule has 1 aromatic carbocycles. The molecule has 0 bridgehead atoms. The van der Waals surface area contributed by atoms with Gasteiger partial charge in [0.25, 0.3) is 0 Å². The van der Waals surface area contributed by atoms with E-state index in [2.05, 4.69) is 5.32 Å². The minimum atomic E-state index is -3.40. The van der Waals surface area contributed by atoms with Crippen molar-refractivity contribution in [1.29, 1.82) is 0 Å². The average molecular weight is 347 g/mol. The van der Waals surface area contributed by atoms with Crippen molar-refractivity contribution in [3.63, 3.8) is 0 Å². The van der Waals surface area contributed by atoms with Gasteiger partial charge in [-0.1, -0.05) is 11.6 Å².